The number of nitrogens with zero attached hydrogens (tertiary/aromatic N) is 1. The summed E-state index contributed by atoms with van der Waals surface area (Å²) in [4.78, 5) is 2.60. The van der Waals surface area contributed by atoms with Crippen molar-refractivity contribution in [3.63, 3.8) is 0 Å². The van der Waals surface area contributed by atoms with Gasteiger partial charge in [-0.05, 0) is 65.5 Å². The van der Waals surface area contributed by atoms with E-state index in [9.17, 15) is 0 Å². The van der Waals surface area contributed by atoms with Gasteiger partial charge >= 0.3 is 0 Å². The Hall–Kier alpha value is -0.120. The molecule has 0 aliphatic carbocycles. The topological polar surface area (TPSA) is 24.5 Å². The van der Waals surface area contributed by atoms with Crippen LogP contribution in [0.3, 0.4) is 0 Å². The molecular weight excluding hydrogens is 236 g/mol. The van der Waals surface area contributed by atoms with Crippen LogP contribution in [0.5, 0.6) is 0 Å². The van der Waals surface area contributed by atoms with Gasteiger partial charge in [0.2, 0.25) is 0 Å². The van der Waals surface area contributed by atoms with Crippen LogP contribution in [0.15, 0.2) is 0 Å². The van der Waals surface area contributed by atoms with E-state index in [0.29, 0.717) is 12.2 Å². The third kappa shape index (κ3) is 5.41. The summed E-state index contributed by atoms with van der Waals surface area (Å²) in [5.74, 6) is 0.921. The average Bonchev–Trinajstić information content (AvgIpc) is 2.77. The highest BCUT2D eigenvalue weighted by atomic mass is 16.5. The molecule has 1 N–H and O–H groups in total. The normalized spacial score (nSPS) is 30.9. The Balaban J connectivity index is 1.65. The van der Waals surface area contributed by atoms with Gasteiger partial charge in [0, 0.05) is 18.6 Å². The molecule has 2 aliphatic heterocycles. The first-order chi connectivity index (χ1) is 8.92. The van der Waals surface area contributed by atoms with Crippen molar-refractivity contribution in [1.82, 2.24) is 10.2 Å². The molecule has 2 aliphatic rings. The van der Waals surface area contributed by atoms with Crippen LogP contribution in [-0.4, -0.2) is 48.8 Å². The Bertz CT molecular complexity index is 266. The molecule has 3 heteroatoms. The van der Waals surface area contributed by atoms with Crippen molar-refractivity contribution < 1.29 is 4.74 Å². The molecule has 2 fully saturated rings. The van der Waals surface area contributed by atoms with E-state index >= 15 is 0 Å². The van der Waals surface area contributed by atoms with Crippen LogP contribution in [0.25, 0.3) is 0 Å². The molecule has 0 aromatic rings. The molecule has 112 valence electrons. The van der Waals surface area contributed by atoms with Crippen LogP contribution in [-0.2, 0) is 4.74 Å². The second-order valence-corrected chi connectivity index (χ2v) is 7.57. The summed E-state index contributed by atoms with van der Waals surface area (Å²) in [6.07, 6.45) is 6.08. The van der Waals surface area contributed by atoms with Gasteiger partial charge in [-0.3, -0.25) is 0 Å². The molecule has 2 saturated heterocycles. The Morgan fingerprint density at radius 2 is 1.68 bits per heavy atom. The third-order valence-electron chi connectivity index (χ3n) is 4.39. The first-order valence-electron chi connectivity index (χ1n) is 8.05. The number of hydrogen-bond donors (Lipinski definition) is 1. The molecule has 0 spiro atoms. The van der Waals surface area contributed by atoms with Gasteiger partial charge in [-0.15, -0.1) is 0 Å². The fourth-order valence-electron chi connectivity index (χ4n) is 3.02. The van der Waals surface area contributed by atoms with Crippen molar-refractivity contribution in [2.75, 3.05) is 26.2 Å². The van der Waals surface area contributed by atoms with Crippen molar-refractivity contribution in [2.24, 2.45) is 5.92 Å². The highest BCUT2D eigenvalue weighted by Gasteiger charge is 2.28. The van der Waals surface area contributed by atoms with E-state index in [2.05, 4.69) is 37.9 Å². The minimum Gasteiger partial charge on any atom is -0.372 e. The smallest absolute Gasteiger partial charge is 0.0707 e. The summed E-state index contributed by atoms with van der Waals surface area (Å²) < 4.78 is 6.18. The standard InChI is InChI=1S/C16H32N2O/c1-13-7-9-18(10-8-13)12-15-6-5-14(19-15)11-17-16(2,3)4/h13-15,17H,5-12H2,1-4H3. The van der Waals surface area contributed by atoms with Gasteiger partial charge in [0.05, 0.1) is 12.2 Å². The van der Waals surface area contributed by atoms with Crippen LogP contribution in [0.2, 0.25) is 0 Å². The van der Waals surface area contributed by atoms with Crippen molar-refractivity contribution in [2.45, 2.75) is 71.1 Å². The Morgan fingerprint density at radius 3 is 2.32 bits per heavy atom. The molecule has 0 bridgehead atoms. The second-order valence-electron chi connectivity index (χ2n) is 7.57. The van der Waals surface area contributed by atoms with E-state index in [0.717, 1.165) is 19.0 Å². The van der Waals surface area contributed by atoms with E-state index in [1.807, 2.05) is 0 Å². The third-order valence-corrected chi connectivity index (χ3v) is 4.39. The first-order valence-corrected chi connectivity index (χ1v) is 8.05. The lowest BCUT2D eigenvalue weighted by molar-refractivity contribution is 0.0150. The molecule has 2 atom stereocenters. The number of hydrogen-bond acceptors (Lipinski definition) is 3. The first kappa shape index (κ1) is 15.3. The molecule has 2 rings (SSSR count). The fourth-order valence-corrected chi connectivity index (χ4v) is 3.02. The van der Waals surface area contributed by atoms with Gasteiger partial charge in [0.15, 0.2) is 0 Å². The number of likely N-dealkylation sites (tertiary alicyclic amines) is 1. The lowest BCUT2D eigenvalue weighted by atomic mass is 9.99. The molecule has 3 nitrogen and oxygen atoms in total. The summed E-state index contributed by atoms with van der Waals surface area (Å²) in [5, 5.41) is 3.56. The van der Waals surface area contributed by atoms with Gasteiger partial charge in [0.25, 0.3) is 0 Å². The van der Waals surface area contributed by atoms with Crippen LogP contribution in [0.1, 0.15) is 53.4 Å². The summed E-state index contributed by atoms with van der Waals surface area (Å²) in [7, 11) is 0. The summed E-state index contributed by atoms with van der Waals surface area (Å²) >= 11 is 0. The lowest BCUT2D eigenvalue weighted by Gasteiger charge is -2.32. The molecule has 0 amide bonds. The van der Waals surface area contributed by atoms with E-state index < -0.39 is 0 Å². The van der Waals surface area contributed by atoms with Crippen LogP contribution in [0.4, 0.5) is 0 Å². The van der Waals surface area contributed by atoms with Crippen molar-refractivity contribution >= 4 is 0 Å². The van der Waals surface area contributed by atoms with Gasteiger partial charge in [-0.1, -0.05) is 6.92 Å². The molecule has 19 heavy (non-hydrogen) atoms. The predicted octanol–water partition coefficient (Wildman–Crippen LogP) is 2.65. The zero-order valence-electron chi connectivity index (χ0n) is 13.2. The number of rotatable bonds is 4. The molecule has 0 aromatic heterocycles. The summed E-state index contributed by atoms with van der Waals surface area (Å²) in [6.45, 7) is 13.7. The zero-order valence-corrected chi connectivity index (χ0v) is 13.2. The Morgan fingerprint density at radius 1 is 1.05 bits per heavy atom. The molecule has 0 radical (unpaired) electrons. The second kappa shape index (κ2) is 6.55. The lowest BCUT2D eigenvalue weighted by Crippen LogP contribution is -2.42. The highest BCUT2D eigenvalue weighted by molar-refractivity contribution is 4.82. The quantitative estimate of drug-likeness (QED) is 0.848. The zero-order chi connectivity index (χ0) is 13.9. The minimum absolute atomic E-state index is 0.199. The average molecular weight is 268 g/mol. The van der Waals surface area contributed by atoms with E-state index in [1.54, 1.807) is 0 Å². The van der Waals surface area contributed by atoms with Gasteiger partial charge in [-0.25, -0.2) is 0 Å². The van der Waals surface area contributed by atoms with Crippen LogP contribution < -0.4 is 5.32 Å². The molecule has 0 aromatic carbocycles. The maximum Gasteiger partial charge on any atom is 0.0707 e. The molecule has 2 heterocycles. The van der Waals surface area contributed by atoms with Gasteiger partial charge in [-0.2, -0.15) is 0 Å². The van der Waals surface area contributed by atoms with Crippen LogP contribution >= 0.6 is 0 Å². The highest BCUT2D eigenvalue weighted by Crippen LogP contribution is 2.23. The predicted molar refractivity (Wildman–Crippen MR) is 80.5 cm³/mol. The van der Waals surface area contributed by atoms with Gasteiger partial charge < -0.3 is 15.0 Å². The molecule has 0 saturated carbocycles. The Labute approximate surface area is 119 Å². The number of piperidine rings is 1. The molecular formula is C16H32N2O. The van der Waals surface area contributed by atoms with E-state index in [1.165, 1.54) is 38.8 Å². The number of nitrogens with one attached hydrogen (secondary N) is 1. The van der Waals surface area contributed by atoms with E-state index in [-0.39, 0.29) is 5.54 Å². The number of ether oxygens (including phenoxy) is 1. The van der Waals surface area contributed by atoms with Crippen molar-refractivity contribution in [1.29, 1.82) is 0 Å². The minimum atomic E-state index is 0.199. The van der Waals surface area contributed by atoms with Crippen molar-refractivity contribution in [3.8, 4) is 0 Å². The summed E-state index contributed by atoms with van der Waals surface area (Å²) in [5.41, 5.74) is 0.199. The maximum atomic E-state index is 6.18. The monoisotopic (exact) mass is 268 g/mol. The largest absolute Gasteiger partial charge is 0.372 e. The van der Waals surface area contributed by atoms with Gasteiger partial charge in [0.1, 0.15) is 0 Å². The van der Waals surface area contributed by atoms with Crippen LogP contribution in [0, 0.1) is 5.92 Å². The molecule has 2 unspecified atom stereocenters. The SMILES string of the molecule is CC1CCN(CC2CCC(CNC(C)(C)C)O2)CC1. The van der Waals surface area contributed by atoms with Crippen molar-refractivity contribution in [3.05, 3.63) is 0 Å². The fraction of sp³-hybridized carbons (Fsp3) is 1.00. The maximum absolute atomic E-state index is 6.18. The summed E-state index contributed by atoms with van der Waals surface area (Å²) in [6, 6.07) is 0. The van der Waals surface area contributed by atoms with E-state index in [4.69, 9.17) is 4.74 Å². The Kier molecular flexibility index (Phi) is 5.27.